The molecule has 0 bridgehead atoms. The van der Waals surface area contributed by atoms with Gasteiger partial charge < -0.3 is 33.8 Å². The number of nitriles is 2. The van der Waals surface area contributed by atoms with Crippen LogP contribution in [0.4, 0.5) is 11.4 Å². The summed E-state index contributed by atoms with van der Waals surface area (Å²) >= 11 is 0. The lowest BCUT2D eigenvalue weighted by molar-refractivity contribution is -0.135. The van der Waals surface area contributed by atoms with Crippen LogP contribution in [0, 0.1) is 41.4 Å². The molecule has 8 rings (SSSR count). The minimum atomic E-state index is -0.131. The average Bonchev–Trinajstić information content (AvgIpc) is 3.76. The molecule has 59 heavy (non-hydrogen) atoms. The lowest BCUT2D eigenvalue weighted by Gasteiger charge is -2.41. The van der Waals surface area contributed by atoms with Crippen molar-refractivity contribution in [1.82, 2.24) is 29.7 Å². The van der Waals surface area contributed by atoms with Crippen molar-refractivity contribution in [2.75, 3.05) is 57.3 Å². The van der Waals surface area contributed by atoms with Gasteiger partial charge in [0.2, 0.25) is 23.6 Å². The third kappa shape index (κ3) is 8.84. The van der Waals surface area contributed by atoms with E-state index in [1.807, 2.05) is 92.9 Å². The van der Waals surface area contributed by atoms with Gasteiger partial charge in [-0.05, 0) is 69.3 Å². The first-order chi connectivity index (χ1) is 28.5. The Balaban J connectivity index is 0.000000191. The van der Waals surface area contributed by atoms with E-state index in [1.54, 1.807) is 14.2 Å². The molecule has 15 nitrogen and oxygen atoms in total. The van der Waals surface area contributed by atoms with E-state index in [0.717, 1.165) is 60.1 Å². The third-order valence-electron chi connectivity index (χ3n) is 11.3. The molecule has 0 saturated carbocycles. The van der Waals surface area contributed by atoms with Crippen molar-refractivity contribution < 1.29 is 23.8 Å². The maximum Gasteiger partial charge on any atom is 0.319 e. The number of anilines is 2. The van der Waals surface area contributed by atoms with Crippen LogP contribution in [0.2, 0.25) is 0 Å². The number of fused-ring (bicyclic) bond motifs is 2. The maximum absolute atomic E-state index is 13.0. The molecule has 2 aromatic carbocycles. The van der Waals surface area contributed by atoms with Crippen LogP contribution in [0.3, 0.4) is 0 Å². The predicted molar refractivity (Wildman–Crippen MR) is 221 cm³/mol. The summed E-state index contributed by atoms with van der Waals surface area (Å²) in [6, 6.07) is 19.4. The van der Waals surface area contributed by atoms with Crippen molar-refractivity contribution in [2.45, 2.75) is 72.6 Å². The summed E-state index contributed by atoms with van der Waals surface area (Å²) in [4.78, 5) is 51.6. The number of ether oxygens (including phenoxy) is 3. The zero-order valence-electron chi connectivity index (χ0n) is 35.1. The minimum absolute atomic E-state index is 0.0762. The lowest BCUT2D eigenvalue weighted by atomic mass is 9.94. The van der Waals surface area contributed by atoms with E-state index in [2.05, 4.69) is 41.9 Å². The highest BCUT2D eigenvalue weighted by Gasteiger charge is 2.39. The summed E-state index contributed by atoms with van der Waals surface area (Å²) in [5.41, 5.74) is 6.94. The van der Waals surface area contributed by atoms with E-state index >= 15 is 0 Å². The topological polar surface area (TPSA) is 174 Å². The van der Waals surface area contributed by atoms with Crippen LogP contribution in [0.1, 0.15) is 92.1 Å². The summed E-state index contributed by atoms with van der Waals surface area (Å²) in [6.07, 6.45) is 1.03. The van der Waals surface area contributed by atoms with Crippen LogP contribution in [0.5, 0.6) is 17.8 Å². The number of nitrogens with zero attached hydrogens (tertiary/aromatic N) is 10. The fraction of sp³-hybridized carbons (Fsp3) is 0.455. The number of hydrogen-bond donors (Lipinski definition) is 0. The Bertz CT molecular complexity index is 2230. The molecule has 0 N–H and O–H groups in total. The van der Waals surface area contributed by atoms with E-state index in [4.69, 9.17) is 24.7 Å². The van der Waals surface area contributed by atoms with Gasteiger partial charge in [0.15, 0.2) is 0 Å². The summed E-state index contributed by atoms with van der Waals surface area (Å²) in [5.74, 6) is 2.61. The Morgan fingerprint density at radius 2 is 1.05 bits per heavy atom. The molecular weight excluding hydrogens is 749 g/mol. The first kappa shape index (κ1) is 42.1. The monoisotopic (exact) mass is 800 g/mol. The van der Waals surface area contributed by atoms with Gasteiger partial charge in [-0.3, -0.25) is 9.59 Å². The van der Waals surface area contributed by atoms with E-state index in [9.17, 15) is 9.59 Å². The van der Waals surface area contributed by atoms with Crippen molar-refractivity contribution in [3.63, 3.8) is 0 Å². The quantitative estimate of drug-likeness (QED) is 0.196. The van der Waals surface area contributed by atoms with Crippen molar-refractivity contribution >= 4 is 23.2 Å². The second-order valence-corrected chi connectivity index (χ2v) is 14.9. The van der Waals surface area contributed by atoms with Crippen LogP contribution >= 0.6 is 0 Å². The van der Waals surface area contributed by atoms with Gasteiger partial charge in [0.1, 0.15) is 5.82 Å². The second-order valence-electron chi connectivity index (χ2n) is 14.9. The van der Waals surface area contributed by atoms with Crippen LogP contribution < -0.4 is 24.0 Å². The highest BCUT2D eigenvalue weighted by Crippen LogP contribution is 2.41. The molecule has 2 aromatic heterocycles. The Morgan fingerprint density at radius 3 is 1.44 bits per heavy atom. The highest BCUT2D eigenvalue weighted by atomic mass is 16.5. The van der Waals surface area contributed by atoms with Gasteiger partial charge in [-0.1, -0.05) is 13.8 Å². The summed E-state index contributed by atoms with van der Waals surface area (Å²) in [7, 11) is 4.68. The summed E-state index contributed by atoms with van der Waals surface area (Å²) < 4.78 is 16.0. The van der Waals surface area contributed by atoms with Gasteiger partial charge in [-0.2, -0.15) is 25.5 Å². The normalized spacial score (nSPS) is 17.7. The summed E-state index contributed by atoms with van der Waals surface area (Å²) in [6.45, 7) is 14.2. The van der Waals surface area contributed by atoms with E-state index < -0.39 is 0 Å². The molecule has 15 heteroatoms. The molecule has 2 amide bonds. The van der Waals surface area contributed by atoms with E-state index in [-0.39, 0.29) is 29.9 Å². The molecule has 308 valence electrons. The standard InChI is InChI=1S/C21H23N5O3.C21H23N5O2.C2H6/c1-13-19-17(23-21(29-3)24-20(19)28-2)12-26(13)18(27)8-15-10-25(11-15)16-6-4-14(9-22)5-7-16;1-13-20-18(23-14(2)24-21(20)28-3)12-26(13)19(27)8-16-10-25(11-16)17-6-4-15(9-22)5-7-17;1-2/h4-7,13,15H,8,10-12H2,1-3H3;4-7,13,16H,8,10-12H2,1-3H3;1-2H3. The van der Waals surface area contributed by atoms with E-state index in [1.165, 1.54) is 7.11 Å². The van der Waals surface area contributed by atoms with Gasteiger partial charge in [-0.15, -0.1) is 0 Å². The molecule has 2 atom stereocenters. The number of hydrogen-bond acceptors (Lipinski definition) is 13. The predicted octanol–water partition coefficient (Wildman–Crippen LogP) is 5.92. The van der Waals surface area contributed by atoms with Gasteiger partial charge in [0.05, 0.1) is 92.3 Å². The molecule has 4 aliphatic heterocycles. The Hall–Kier alpha value is -6.48. The molecule has 2 unspecified atom stereocenters. The molecule has 2 fully saturated rings. The molecule has 0 aliphatic carbocycles. The van der Waals surface area contributed by atoms with Gasteiger partial charge in [0, 0.05) is 62.2 Å². The number of carbonyl (C=O) groups is 2. The second kappa shape index (κ2) is 18.4. The number of methoxy groups -OCH3 is 3. The number of rotatable bonds is 9. The Morgan fingerprint density at radius 1 is 0.644 bits per heavy atom. The number of carbonyl (C=O) groups excluding carboxylic acids is 2. The smallest absolute Gasteiger partial charge is 0.319 e. The molecule has 0 spiro atoms. The zero-order chi connectivity index (χ0) is 42.4. The fourth-order valence-electron chi connectivity index (χ4n) is 8.12. The number of aryl methyl sites for hydroxylation is 1. The fourth-order valence-corrected chi connectivity index (χ4v) is 8.12. The summed E-state index contributed by atoms with van der Waals surface area (Å²) in [5, 5.41) is 17.8. The number of aromatic nitrogens is 4. The molecule has 6 heterocycles. The number of benzene rings is 2. The molecule has 4 aliphatic rings. The van der Waals surface area contributed by atoms with Crippen molar-refractivity contribution in [3.8, 4) is 29.9 Å². The van der Waals surface area contributed by atoms with Crippen molar-refractivity contribution in [3.05, 3.63) is 88.0 Å². The molecule has 2 saturated heterocycles. The zero-order valence-corrected chi connectivity index (χ0v) is 35.1. The van der Waals surface area contributed by atoms with Gasteiger partial charge in [0.25, 0.3) is 0 Å². The SMILES string of the molecule is CC.COc1nc(C)nc2c1C(C)N(C(=O)CC1CN(c3ccc(C#N)cc3)C1)C2.COc1nc2c(c(OC)n1)C(C)N(C(=O)CC1CN(c3ccc(C#N)cc3)C1)C2. The third-order valence-corrected chi connectivity index (χ3v) is 11.3. The van der Waals surface area contributed by atoms with Crippen molar-refractivity contribution in [1.29, 1.82) is 10.5 Å². The van der Waals surface area contributed by atoms with Gasteiger partial charge >= 0.3 is 6.01 Å². The first-order valence-corrected chi connectivity index (χ1v) is 20.0. The van der Waals surface area contributed by atoms with E-state index in [0.29, 0.717) is 66.5 Å². The van der Waals surface area contributed by atoms with Gasteiger partial charge in [-0.25, -0.2) is 4.98 Å². The molecule has 4 aromatic rings. The van der Waals surface area contributed by atoms with Crippen LogP contribution in [-0.2, 0) is 22.7 Å². The maximum atomic E-state index is 13.0. The average molecular weight is 801 g/mol. The Kier molecular flexibility index (Phi) is 13.1. The van der Waals surface area contributed by atoms with Crippen LogP contribution in [-0.4, -0.2) is 89.1 Å². The molecular formula is C44H52N10O5. The lowest BCUT2D eigenvalue weighted by Crippen LogP contribution is -2.48. The minimum Gasteiger partial charge on any atom is -0.481 e. The largest absolute Gasteiger partial charge is 0.481 e. The van der Waals surface area contributed by atoms with Crippen LogP contribution in [0.15, 0.2) is 48.5 Å². The number of amides is 2. The first-order valence-electron chi connectivity index (χ1n) is 20.0. The van der Waals surface area contributed by atoms with Crippen molar-refractivity contribution in [2.24, 2.45) is 11.8 Å². The van der Waals surface area contributed by atoms with Crippen LogP contribution in [0.25, 0.3) is 0 Å². The Labute approximate surface area is 346 Å². The highest BCUT2D eigenvalue weighted by molar-refractivity contribution is 5.79. The molecule has 0 radical (unpaired) electrons.